The predicted molar refractivity (Wildman–Crippen MR) is 110 cm³/mol. The second kappa shape index (κ2) is 6.98. The average molecular weight is 386 g/mol. The lowest BCUT2D eigenvalue weighted by Gasteiger charge is -2.12. The molecule has 0 atom stereocenters. The lowest BCUT2D eigenvalue weighted by Crippen LogP contribution is -2.08. The molecule has 0 aliphatic carbocycles. The molecule has 1 aliphatic heterocycles. The van der Waals surface area contributed by atoms with Gasteiger partial charge in [-0.25, -0.2) is 4.68 Å². The second-order valence-corrected chi connectivity index (χ2v) is 7.70. The molecule has 0 saturated heterocycles. The smallest absolute Gasteiger partial charge is 0.133 e. The first-order valence-corrected chi connectivity index (χ1v) is 9.69. The van der Waals surface area contributed by atoms with E-state index in [1.54, 1.807) is 0 Å². The van der Waals surface area contributed by atoms with E-state index in [2.05, 4.69) is 37.4 Å². The molecule has 5 heteroatoms. The Morgan fingerprint density at radius 2 is 1.85 bits per heavy atom. The SMILES string of the molecule is Cc1ccc(-n2nc(-c3ccc(Cl)c(Cl)c3)c3c2NCCCC3)c(C)c1. The summed E-state index contributed by atoms with van der Waals surface area (Å²) in [5, 5.41) is 9.70. The van der Waals surface area contributed by atoms with E-state index in [1.165, 1.54) is 16.7 Å². The third-order valence-electron chi connectivity index (χ3n) is 4.90. The molecule has 3 nitrogen and oxygen atoms in total. The summed E-state index contributed by atoms with van der Waals surface area (Å²) in [6.07, 6.45) is 3.30. The number of halogens is 2. The van der Waals surface area contributed by atoms with Gasteiger partial charge in [0.05, 0.1) is 21.4 Å². The Labute approximate surface area is 163 Å². The minimum Gasteiger partial charge on any atom is -0.370 e. The minimum atomic E-state index is 0.556. The molecule has 0 fully saturated rings. The molecule has 0 saturated carbocycles. The van der Waals surface area contributed by atoms with Gasteiger partial charge in [0.2, 0.25) is 0 Å². The van der Waals surface area contributed by atoms with Gasteiger partial charge in [-0.1, -0.05) is 47.0 Å². The lowest BCUT2D eigenvalue weighted by molar-refractivity contribution is 0.779. The highest BCUT2D eigenvalue weighted by Crippen LogP contribution is 2.36. The van der Waals surface area contributed by atoms with Crippen molar-refractivity contribution in [1.29, 1.82) is 0 Å². The molecule has 0 spiro atoms. The van der Waals surface area contributed by atoms with Crippen molar-refractivity contribution in [2.24, 2.45) is 0 Å². The third kappa shape index (κ3) is 3.10. The van der Waals surface area contributed by atoms with E-state index in [-0.39, 0.29) is 0 Å². The summed E-state index contributed by atoms with van der Waals surface area (Å²) in [7, 11) is 0. The van der Waals surface area contributed by atoms with Gasteiger partial charge in [0.25, 0.3) is 0 Å². The molecule has 4 rings (SSSR count). The molecule has 0 unspecified atom stereocenters. The number of aromatic nitrogens is 2. The number of nitrogens with zero attached hydrogens (tertiary/aromatic N) is 2. The van der Waals surface area contributed by atoms with Crippen molar-refractivity contribution in [2.75, 3.05) is 11.9 Å². The maximum atomic E-state index is 6.26. The number of hydrogen-bond acceptors (Lipinski definition) is 2. The summed E-state index contributed by atoms with van der Waals surface area (Å²) < 4.78 is 2.05. The van der Waals surface area contributed by atoms with Crippen LogP contribution in [-0.2, 0) is 6.42 Å². The molecule has 3 aromatic rings. The van der Waals surface area contributed by atoms with Gasteiger partial charge in [-0.15, -0.1) is 0 Å². The Morgan fingerprint density at radius 3 is 2.62 bits per heavy atom. The van der Waals surface area contributed by atoms with Crippen molar-refractivity contribution in [1.82, 2.24) is 9.78 Å². The Kier molecular flexibility index (Phi) is 4.68. The van der Waals surface area contributed by atoms with Crippen molar-refractivity contribution in [3.63, 3.8) is 0 Å². The molecular weight excluding hydrogens is 365 g/mol. The van der Waals surface area contributed by atoms with Crippen LogP contribution < -0.4 is 5.32 Å². The van der Waals surface area contributed by atoms with Crippen LogP contribution in [-0.4, -0.2) is 16.3 Å². The zero-order valence-corrected chi connectivity index (χ0v) is 16.5. The van der Waals surface area contributed by atoms with Crippen molar-refractivity contribution in [3.8, 4) is 16.9 Å². The fourth-order valence-corrected chi connectivity index (χ4v) is 3.89. The standard InChI is InChI=1S/C21H21Cl2N3/c1-13-6-9-19(14(2)11-13)26-21-16(5-3-4-10-24-21)20(25-26)15-7-8-17(22)18(23)12-15/h6-9,11-12,24H,3-5,10H2,1-2H3. The van der Waals surface area contributed by atoms with E-state index in [0.29, 0.717) is 10.0 Å². The topological polar surface area (TPSA) is 29.9 Å². The lowest BCUT2D eigenvalue weighted by atomic mass is 10.0. The van der Waals surface area contributed by atoms with Gasteiger partial charge < -0.3 is 5.32 Å². The molecule has 0 amide bonds. The first-order valence-electron chi connectivity index (χ1n) is 8.93. The van der Waals surface area contributed by atoms with E-state index in [1.807, 2.05) is 22.9 Å². The van der Waals surface area contributed by atoms with Gasteiger partial charge in [-0.2, -0.15) is 5.10 Å². The quantitative estimate of drug-likeness (QED) is 0.567. The van der Waals surface area contributed by atoms with Gasteiger partial charge in [-0.3, -0.25) is 0 Å². The summed E-state index contributed by atoms with van der Waals surface area (Å²) >= 11 is 12.4. The number of aryl methyl sites for hydroxylation is 2. The summed E-state index contributed by atoms with van der Waals surface area (Å²) in [6, 6.07) is 12.2. The second-order valence-electron chi connectivity index (χ2n) is 6.89. The zero-order chi connectivity index (χ0) is 18.3. The average Bonchev–Trinajstić information content (AvgIpc) is 2.79. The predicted octanol–water partition coefficient (Wildman–Crippen LogP) is 6.21. The van der Waals surface area contributed by atoms with E-state index < -0.39 is 0 Å². The van der Waals surface area contributed by atoms with Crippen molar-refractivity contribution >= 4 is 29.0 Å². The van der Waals surface area contributed by atoms with Crippen LogP contribution in [0, 0.1) is 13.8 Å². The maximum Gasteiger partial charge on any atom is 0.133 e. The summed E-state index contributed by atoms with van der Waals surface area (Å²) in [5.41, 5.74) is 6.80. The highest BCUT2D eigenvalue weighted by molar-refractivity contribution is 6.42. The fraction of sp³-hybridized carbons (Fsp3) is 0.286. The molecule has 1 aliphatic rings. The number of benzene rings is 2. The van der Waals surface area contributed by atoms with Crippen LogP contribution in [0.2, 0.25) is 10.0 Å². The number of hydrogen-bond donors (Lipinski definition) is 1. The van der Waals surface area contributed by atoms with Crippen molar-refractivity contribution < 1.29 is 0 Å². The largest absolute Gasteiger partial charge is 0.370 e. The molecule has 1 N–H and O–H groups in total. The highest BCUT2D eigenvalue weighted by atomic mass is 35.5. The molecular formula is C21H21Cl2N3. The van der Waals surface area contributed by atoms with E-state index in [0.717, 1.165) is 48.6 Å². The summed E-state index contributed by atoms with van der Waals surface area (Å²) in [6.45, 7) is 5.20. The van der Waals surface area contributed by atoms with Crippen LogP contribution in [0.25, 0.3) is 16.9 Å². The van der Waals surface area contributed by atoms with E-state index in [9.17, 15) is 0 Å². The number of rotatable bonds is 2. The summed E-state index contributed by atoms with van der Waals surface area (Å²) in [4.78, 5) is 0. The first-order chi connectivity index (χ1) is 12.5. The van der Waals surface area contributed by atoms with Gasteiger partial charge in [0.1, 0.15) is 5.82 Å². The minimum absolute atomic E-state index is 0.556. The van der Waals surface area contributed by atoms with Gasteiger partial charge in [0.15, 0.2) is 0 Å². The van der Waals surface area contributed by atoms with Crippen molar-refractivity contribution in [2.45, 2.75) is 33.1 Å². The molecule has 1 aromatic heterocycles. The first kappa shape index (κ1) is 17.4. The zero-order valence-electron chi connectivity index (χ0n) is 14.9. The highest BCUT2D eigenvalue weighted by Gasteiger charge is 2.22. The molecule has 0 bridgehead atoms. The van der Waals surface area contributed by atoms with Gasteiger partial charge in [-0.05, 0) is 56.9 Å². The molecule has 0 radical (unpaired) electrons. The van der Waals surface area contributed by atoms with Gasteiger partial charge >= 0.3 is 0 Å². The molecule has 26 heavy (non-hydrogen) atoms. The summed E-state index contributed by atoms with van der Waals surface area (Å²) in [5.74, 6) is 1.09. The van der Waals surface area contributed by atoms with Crippen LogP contribution >= 0.6 is 23.2 Å². The van der Waals surface area contributed by atoms with Crippen LogP contribution in [0.5, 0.6) is 0 Å². The Balaban J connectivity index is 1.93. The third-order valence-corrected chi connectivity index (χ3v) is 5.64. The van der Waals surface area contributed by atoms with Crippen LogP contribution in [0.4, 0.5) is 5.82 Å². The number of nitrogens with one attached hydrogen (secondary N) is 1. The number of fused-ring (bicyclic) bond motifs is 1. The van der Waals surface area contributed by atoms with Crippen molar-refractivity contribution in [3.05, 3.63) is 63.1 Å². The Hall–Kier alpha value is -1.97. The fourth-order valence-electron chi connectivity index (χ4n) is 3.60. The van der Waals surface area contributed by atoms with Crippen LogP contribution in [0.1, 0.15) is 29.5 Å². The van der Waals surface area contributed by atoms with E-state index >= 15 is 0 Å². The van der Waals surface area contributed by atoms with Crippen LogP contribution in [0.15, 0.2) is 36.4 Å². The molecule has 2 heterocycles. The number of anilines is 1. The Morgan fingerprint density at radius 1 is 1.00 bits per heavy atom. The Bertz CT molecular complexity index is 976. The van der Waals surface area contributed by atoms with E-state index in [4.69, 9.17) is 28.3 Å². The normalized spacial score (nSPS) is 13.8. The maximum absolute atomic E-state index is 6.26. The monoisotopic (exact) mass is 385 g/mol. The molecule has 134 valence electrons. The van der Waals surface area contributed by atoms with Crippen LogP contribution in [0.3, 0.4) is 0 Å². The van der Waals surface area contributed by atoms with Gasteiger partial charge in [0, 0.05) is 17.7 Å². The molecule has 2 aromatic carbocycles.